The lowest BCUT2D eigenvalue weighted by atomic mass is 9.88. The molecule has 12 heavy (non-hydrogen) atoms. The fraction of sp³-hybridized carbons (Fsp3) is 0.636. The van der Waals surface area contributed by atoms with Crippen LogP contribution in [-0.4, -0.2) is 5.88 Å². The summed E-state index contributed by atoms with van der Waals surface area (Å²) in [7, 11) is 0. The van der Waals surface area contributed by atoms with Crippen molar-refractivity contribution in [2.45, 2.75) is 32.1 Å². The Balaban J connectivity index is 2.45. The van der Waals surface area contributed by atoms with E-state index < -0.39 is 0 Å². The van der Waals surface area contributed by atoms with Crippen LogP contribution in [0.25, 0.3) is 0 Å². The first kappa shape index (κ1) is 9.85. The Morgan fingerprint density at radius 1 is 1.33 bits per heavy atom. The van der Waals surface area contributed by atoms with Crippen LogP contribution in [0, 0.1) is 5.92 Å². The van der Waals surface area contributed by atoms with Crippen LogP contribution in [0.4, 0.5) is 0 Å². The summed E-state index contributed by atoms with van der Waals surface area (Å²) in [6, 6.07) is 0. The predicted octanol–water partition coefficient (Wildman–Crippen LogP) is 3.92. The fourth-order valence-electron chi connectivity index (χ4n) is 1.77. The molecule has 0 heterocycles. The van der Waals surface area contributed by atoms with Gasteiger partial charge in [-0.1, -0.05) is 38.0 Å². The summed E-state index contributed by atoms with van der Waals surface area (Å²) in [5.41, 5.74) is 1.20. The molecule has 0 bridgehead atoms. The molecule has 0 aliphatic heterocycles. The third kappa shape index (κ3) is 3.02. The lowest BCUT2D eigenvalue weighted by Gasteiger charge is -2.18. The van der Waals surface area contributed by atoms with E-state index in [1.54, 1.807) is 0 Å². The predicted molar refractivity (Wildman–Crippen MR) is 55.6 cm³/mol. The number of allylic oxidation sites excluding steroid dienone is 3. The molecular weight excluding hydrogens is 168 g/mol. The second kappa shape index (κ2) is 5.42. The van der Waals surface area contributed by atoms with E-state index in [0.29, 0.717) is 5.88 Å². The number of alkyl halides is 1. The van der Waals surface area contributed by atoms with Gasteiger partial charge in [0.15, 0.2) is 0 Å². The molecule has 1 rings (SSSR count). The van der Waals surface area contributed by atoms with Crippen molar-refractivity contribution in [3.63, 3.8) is 0 Å². The van der Waals surface area contributed by atoms with Gasteiger partial charge < -0.3 is 0 Å². The van der Waals surface area contributed by atoms with Gasteiger partial charge in [0, 0.05) is 5.88 Å². The Labute approximate surface area is 80.3 Å². The minimum absolute atomic E-state index is 0.611. The number of rotatable bonds is 3. The fourth-order valence-corrected chi connectivity index (χ4v) is 1.97. The summed E-state index contributed by atoms with van der Waals surface area (Å²) in [6.07, 6.45) is 11.0. The molecule has 0 aromatic heterocycles. The van der Waals surface area contributed by atoms with E-state index in [1.807, 2.05) is 6.08 Å². The summed E-state index contributed by atoms with van der Waals surface area (Å²) >= 11 is 5.75. The van der Waals surface area contributed by atoms with Crippen LogP contribution in [-0.2, 0) is 0 Å². The van der Waals surface area contributed by atoms with Gasteiger partial charge in [0.1, 0.15) is 0 Å². The van der Waals surface area contributed by atoms with E-state index in [1.165, 1.54) is 37.7 Å². The zero-order valence-corrected chi connectivity index (χ0v) is 8.32. The van der Waals surface area contributed by atoms with Gasteiger partial charge >= 0.3 is 0 Å². The van der Waals surface area contributed by atoms with E-state index in [-0.39, 0.29) is 0 Å². The largest absolute Gasteiger partial charge is 0.122 e. The molecule has 0 aromatic rings. The molecule has 0 radical (unpaired) electrons. The SMILES string of the molecule is C=C/C(=C\C1CCCCC1)CCl. The van der Waals surface area contributed by atoms with Crippen LogP contribution in [0.5, 0.6) is 0 Å². The van der Waals surface area contributed by atoms with Crippen molar-refractivity contribution in [3.05, 3.63) is 24.3 Å². The molecule has 68 valence electrons. The first-order valence-corrected chi connectivity index (χ1v) is 5.29. The Hall–Kier alpha value is -0.230. The van der Waals surface area contributed by atoms with Crippen molar-refractivity contribution in [2.75, 3.05) is 5.88 Å². The van der Waals surface area contributed by atoms with Crippen molar-refractivity contribution >= 4 is 11.6 Å². The summed E-state index contributed by atoms with van der Waals surface area (Å²) in [5, 5.41) is 0. The molecular formula is C11H17Cl. The molecule has 0 aromatic carbocycles. The van der Waals surface area contributed by atoms with Crippen molar-refractivity contribution < 1.29 is 0 Å². The van der Waals surface area contributed by atoms with E-state index >= 15 is 0 Å². The van der Waals surface area contributed by atoms with Gasteiger partial charge in [0.05, 0.1) is 0 Å². The Morgan fingerprint density at radius 2 is 2.00 bits per heavy atom. The quantitative estimate of drug-likeness (QED) is 0.461. The second-order valence-electron chi connectivity index (χ2n) is 3.48. The average molecular weight is 185 g/mol. The van der Waals surface area contributed by atoms with Crippen LogP contribution in [0.3, 0.4) is 0 Å². The standard InChI is InChI=1S/C11H17Cl/c1-2-10(9-12)8-11-6-4-3-5-7-11/h2,8,11H,1,3-7,9H2/b10-8+. The molecule has 1 saturated carbocycles. The highest BCUT2D eigenvalue weighted by Gasteiger charge is 2.10. The highest BCUT2D eigenvalue weighted by Crippen LogP contribution is 2.25. The van der Waals surface area contributed by atoms with Gasteiger partial charge in [-0.25, -0.2) is 0 Å². The topological polar surface area (TPSA) is 0 Å². The van der Waals surface area contributed by atoms with Gasteiger partial charge in [0.2, 0.25) is 0 Å². The van der Waals surface area contributed by atoms with Crippen molar-refractivity contribution in [1.29, 1.82) is 0 Å². The minimum Gasteiger partial charge on any atom is -0.122 e. The van der Waals surface area contributed by atoms with Crippen LogP contribution < -0.4 is 0 Å². The van der Waals surface area contributed by atoms with Gasteiger partial charge in [-0.05, 0) is 24.3 Å². The zero-order chi connectivity index (χ0) is 8.81. The monoisotopic (exact) mass is 184 g/mol. The summed E-state index contributed by atoms with van der Waals surface area (Å²) in [4.78, 5) is 0. The van der Waals surface area contributed by atoms with Crippen LogP contribution in [0.1, 0.15) is 32.1 Å². The Kier molecular flexibility index (Phi) is 4.45. The molecule has 1 aliphatic rings. The lowest BCUT2D eigenvalue weighted by molar-refractivity contribution is 0.418. The van der Waals surface area contributed by atoms with E-state index in [0.717, 1.165) is 5.92 Å². The van der Waals surface area contributed by atoms with Crippen molar-refractivity contribution in [1.82, 2.24) is 0 Å². The third-order valence-electron chi connectivity index (χ3n) is 2.52. The number of halogens is 1. The molecule has 0 unspecified atom stereocenters. The maximum absolute atomic E-state index is 5.75. The highest BCUT2D eigenvalue weighted by atomic mass is 35.5. The normalized spacial score (nSPS) is 20.9. The Bertz CT molecular complexity index is 164. The lowest BCUT2D eigenvalue weighted by Crippen LogP contribution is -2.03. The first-order chi connectivity index (χ1) is 5.86. The molecule has 0 nitrogen and oxygen atoms in total. The molecule has 0 N–H and O–H groups in total. The molecule has 1 fully saturated rings. The van der Waals surface area contributed by atoms with Gasteiger partial charge in [-0.3, -0.25) is 0 Å². The Morgan fingerprint density at radius 3 is 2.50 bits per heavy atom. The number of hydrogen-bond donors (Lipinski definition) is 0. The van der Waals surface area contributed by atoms with Crippen molar-refractivity contribution in [2.24, 2.45) is 5.92 Å². The molecule has 1 heteroatoms. The van der Waals surface area contributed by atoms with Crippen molar-refractivity contribution in [3.8, 4) is 0 Å². The highest BCUT2D eigenvalue weighted by molar-refractivity contribution is 6.19. The molecule has 1 aliphatic carbocycles. The van der Waals surface area contributed by atoms with E-state index in [9.17, 15) is 0 Å². The third-order valence-corrected chi connectivity index (χ3v) is 2.82. The average Bonchev–Trinajstić information content (AvgIpc) is 2.16. The van der Waals surface area contributed by atoms with E-state index in [4.69, 9.17) is 11.6 Å². The van der Waals surface area contributed by atoms with E-state index in [2.05, 4.69) is 12.7 Å². The van der Waals surface area contributed by atoms with Gasteiger partial charge in [-0.15, -0.1) is 11.6 Å². The maximum atomic E-state index is 5.75. The molecule has 0 atom stereocenters. The van der Waals surface area contributed by atoms with Gasteiger partial charge in [-0.2, -0.15) is 0 Å². The molecule has 0 saturated heterocycles. The summed E-state index contributed by atoms with van der Waals surface area (Å²) in [5.74, 6) is 1.38. The maximum Gasteiger partial charge on any atom is 0.0470 e. The molecule has 0 amide bonds. The summed E-state index contributed by atoms with van der Waals surface area (Å²) < 4.78 is 0. The zero-order valence-electron chi connectivity index (χ0n) is 7.56. The second-order valence-corrected chi connectivity index (χ2v) is 3.74. The molecule has 0 spiro atoms. The smallest absolute Gasteiger partial charge is 0.0470 e. The number of hydrogen-bond acceptors (Lipinski definition) is 0. The first-order valence-electron chi connectivity index (χ1n) is 4.76. The van der Waals surface area contributed by atoms with Gasteiger partial charge in [0.25, 0.3) is 0 Å². The summed E-state index contributed by atoms with van der Waals surface area (Å²) in [6.45, 7) is 3.74. The van der Waals surface area contributed by atoms with Crippen LogP contribution in [0.15, 0.2) is 24.3 Å². The van der Waals surface area contributed by atoms with Crippen LogP contribution >= 0.6 is 11.6 Å². The minimum atomic E-state index is 0.611. The van der Waals surface area contributed by atoms with Crippen LogP contribution in [0.2, 0.25) is 0 Å².